The summed E-state index contributed by atoms with van der Waals surface area (Å²) in [7, 11) is 0. The maximum atomic E-state index is 4.73. The Balaban J connectivity index is 1.45. The fourth-order valence-electron chi connectivity index (χ4n) is 5.10. The summed E-state index contributed by atoms with van der Waals surface area (Å²) in [6.45, 7) is 2.25. The molecule has 0 aliphatic rings. The molecule has 0 nitrogen and oxygen atoms in total. The smallest absolute Gasteiger partial charge is 0.0158 e. The summed E-state index contributed by atoms with van der Waals surface area (Å²) >= 11 is 6.55. The summed E-state index contributed by atoms with van der Waals surface area (Å²) in [5, 5.41) is 0. The zero-order valence-corrected chi connectivity index (χ0v) is 23.4. The van der Waals surface area contributed by atoms with Gasteiger partial charge in [-0.25, -0.2) is 0 Å². The van der Waals surface area contributed by atoms with E-state index in [1.807, 2.05) is 11.8 Å². The molecule has 6 aromatic rings. The molecule has 0 fully saturated rings. The number of hydrogen-bond acceptors (Lipinski definition) is 2. The first-order valence-corrected chi connectivity index (χ1v) is 14.3. The van der Waals surface area contributed by atoms with E-state index in [0.717, 1.165) is 4.90 Å². The molecule has 0 bridgehead atoms. The van der Waals surface area contributed by atoms with Gasteiger partial charge in [0.05, 0.1) is 0 Å². The molecule has 0 spiro atoms. The van der Waals surface area contributed by atoms with Crippen LogP contribution < -0.4 is 0 Å². The lowest BCUT2D eigenvalue weighted by Gasteiger charge is -2.20. The van der Waals surface area contributed by atoms with Crippen LogP contribution in [0.2, 0.25) is 0 Å². The minimum atomic E-state index is 0.957. The third kappa shape index (κ3) is 5.45. The fourth-order valence-corrected chi connectivity index (χ4v) is 6.22. The van der Waals surface area contributed by atoms with Crippen LogP contribution in [0.25, 0.3) is 44.5 Å². The molecule has 0 aliphatic carbocycles. The standard InChI is InChI=1S/C37H28S2/c1-26-36(39-32-20-17-28(18-21-32)27-11-5-2-6-12-27)24-23-34(37(26)30-15-9-4-10-16-30)35-25-31(38)19-22-33(35)29-13-7-3-8-14-29/h2-25,38H,1H3. The molecular formula is C37H28S2. The minimum Gasteiger partial charge on any atom is -0.143 e. The highest BCUT2D eigenvalue weighted by Gasteiger charge is 2.18. The van der Waals surface area contributed by atoms with Gasteiger partial charge in [0.2, 0.25) is 0 Å². The molecule has 0 N–H and O–H groups in total. The SMILES string of the molecule is Cc1c(Sc2ccc(-c3ccccc3)cc2)ccc(-c2cc(S)ccc2-c2ccccc2)c1-c1ccccc1. The Hall–Kier alpha value is -3.98. The van der Waals surface area contributed by atoms with Gasteiger partial charge in [0.25, 0.3) is 0 Å². The first-order valence-electron chi connectivity index (χ1n) is 13.1. The maximum Gasteiger partial charge on any atom is 0.0158 e. The Labute approximate surface area is 240 Å². The highest BCUT2D eigenvalue weighted by atomic mass is 32.2. The van der Waals surface area contributed by atoms with E-state index in [-0.39, 0.29) is 0 Å². The van der Waals surface area contributed by atoms with Crippen LogP contribution in [0.4, 0.5) is 0 Å². The van der Waals surface area contributed by atoms with Crippen LogP contribution in [0, 0.1) is 6.92 Å². The van der Waals surface area contributed by atoms with Gasteiger partial charge in [-0.3, -0.25) is 0 Å². The van der Waals surface area contributed by atoms with Crippen LogP contribution >= 0.6 is 24.4 Å². The van der Waals surface area contributed by atoms with E-state index in [1.165, 1.54) is 59.9 Å². The zero-order chi connectivity index (χ0) is 26.6. The van der Waals surface area contributed by atoms with Gasteiger partial charge in [-0.1, -0.05) is 127 Å². The van der Waals surface area contributed by atoms with Crippen molar-refractivity contribution in [2.45, 2.75) is 21.6 Å². The Morgan fingerprint density at radius 3 is 1.64 bits per heavy atom. The molecule has 0 saturated heterocycles. The molecule has 188 valence electrons. The third-order valence-corrected chi connectivity index (χ3v) is 8.49. The molecular weight excluding hydrogens is 509 g/mol. The molecule has 0 radical (unpaired) electrons. The first-order chi connectivity index (χ1) is 19.2. The van der Waals surface area contributed by atoms with Crippen LogP contribution in [0.15, 0.2) is 160 Å². The topological polar surface area (TPSA) is 0 Å². The quantitative estimate of drug-likeness (QED) is 0.207. The minimum absolute atomic E-state index is 0.957. The average Bonchev–Trinajstić information content (AvgIpc) is 3.00. The first kappa shape index (κ1) is 25.3. The van der Waals surface area contributed by atoms with E-state index in [2.05, 4.69) is 153 Å². The van der Waals surface area contributed by atoms with Crippen molar-refractivity contribution in [3.05, 3.63) is 151 Å². The molecule has 0 amide bonds. The second-order valence-corrected chi connectivity index (χ2v) is 11.2. The lowest BCUT2D eigenvalue weighted by Crippen LogP contribution is -1.94. The van der Waals surface area contributed by atoms with Gasteiger partial charge in [-0.15, -0.1) is 12.6 Å². The van der Waals surface area contributed by atoms with Crippen molar-refractivity contribution in [2.75, 3.05) is 0 Å². The van der Waals surface area contributed by atoms with Gasteiger partial charge in [0, 0.05) is 14.7 Å². The highest BCUT2D eigenvalue weighted by molar-refractivity contribution is 7.99. The van der Waals surface area contributed by atoms with E-state index in [0.29, 0.717) is 0 Å². The maximum absolute atomic E-state index is 4.73. The molecule has 0 saturated carbocycles. The van der Waals surface area contributed by atoms with Gasteiger partial charge in [-0.2, -0.15) is 0 Å². The van der Waals surface area contributed by atoms with Crippen LogP contribution in [0.3, 0.4) is 0 Å². The predicted octanol–water partition coefficient (Wildman–Crippen LogP) is 11.1. The van der Waals surface area contributed by atoms with E-state index >= 15 is 0 Å². The largest absolute Gasteiger partial charge is 0.143 e. The van der Waals surface area contributed by atoms with Gasteiger partial charge in [-0.05, 0) is 87.3 Å². The fraction of sp³-hybridized carbons (Fsp3) is 0.0270. The zero-order valence-electron chi connectivity index (χ0n) is 21.7. The van der Waals surface area contributed by atoms with Gasteiger partial charge >= 0.3 is 0 Å². The second kappa shape index (κ2) is 11.4. The molecule has 0 heterocycles. The third-order valence-electron chi connectivity index (χ3n) is 7.05. The number of benzene rings is 6. The number of thiol groups is 1. The lowest BCUT2D eigenvalue weighted by molar-refractivity contribution is 1.29. The van der Waals surface area contributed by atoms with Crippen LogP contribution in [-0.4, -0.2) is 0 Å². The molecule has 6 aromatic carbocycles. The summed E-state index contributed by atoms with van der Waals surface area (Å²) in [6.07, 6.45) is 0. The van der Waals surface area contributed by atoms with Crippen molar-refractivity contribution in [3.8, 4) is 44.5 Å². The van der Waals surface area contributed by atoms with Crippen molar-refractivity contribution < 1.29 is 0 Å². The van der Waals surface area contributed by atoms with Gasteiger partial charge < -0.3 is 0 Å². The number of rotatable bonds is 6. The molecule has 2 heteroatoms. The summed E-state index contributed by atoms with van der Waals surface area (Å²) in [6, 6.07) is 51.8. The van der Waals surface area contributed by atoms with Crippen LogP contribution in [0.1, 0.15) is 5.56 Å². The van der Waals surface area contributed by atoms with E-state index in [9.17, 15) is 0 Å². The summed E-state index contributed by atoms with van der Waals surface area (Å²) < 4.78 is 0. The van der Waals surface area contributed by atoms with Gasteiger partial charge in [0.15, 0.2) is 0 Å². The van der Waals surface area contributed by atoms with Crippen molar-refractivity contribution in [2.24, 2.45) is 0 Å². The van der Waals surface area contributed by atoms with E-state index in [1.54, 1.807) is 0 Å². The normalized spacial score (nSPS) is 10.9. The lowest BCUT2D eigenvalue weighted by atomic mass is 9.87. The summed E-state index contributed by atoms with van der Waals surface area (Å²) in [5.41, 5.74) is 11.1. The summed E-state index contributed by atoms with van der Waals surface area (Å²) in [4.78, 5) is 3.44. The van der Waals surface area contributed by atoms with E-state index < -0.39 is 0 Å². The monoisotopic (exact) mass is 536 g/mol. The molecule has 0 atom stereocenters. The van der Waals surface area contributed by atoms with Crippen molar-refractivity contribution in [3.63, 3.8) is 0 Å². The molecule has 39 heavy (non-hydrogen) atoms. The Kier molecular flexibility index (Phi) is 7.40. The van der Waals surface area contributed by atoms with Crippen LogP contribution in [-0.2, 0) is 0 Å². The van der Waals surface area contributed by atoms with Crippen molar-refractivity contribution >= 4 is 24.4 Å². The van der Waals surface area contributed by atoms with Crippen LogP contribution in [0.5, 0.6) is 0 Å². The van der Waals surface area contributed by atoms with Crippen molar-refractivity contribution in [1.82, 2.24) is 0 Å². The molecule has 6 rings (SSSR count). The van der Waals surface area contributed by atoms with Crippen molar-refractivity contribution in [1.29, 1.82) is 0 Å². The summed E-state index contributed by atoms with van der Waals surface area (Å²) in [5.74, 6) is 0. The Morgan fingerprint density at radius 2 is 1.00 bits per heavy atom. The predicted molar refractivity (Wildman–Crippen MR) is 171 cm³/mol. The Bertz CT molecular complexity index is 1710. The molecule has 0 aromatic heterocycles. The number of hydrogen-bond donors (Lipinski definition) is 1. The molecule has 0 aliphatic heterocycles. The molecule has 0 unspecified atom stereocenters. The average molecular weight is 537 g/mol. The second-order valence-electron chi connectivity index (χ2n) is 9.57. The Morgan fingerprint density at radius 1 is 0.462 bits per heavy atom. The highest BCUT2D eigenvalue weighted by Crippen LogP contribution is 2.44. The van der Waals surface area contributed by atoms with E-state index in [4.69, 9.17) is 12.6 Å². The van der Waals surface area contributed by atoms with Gasteiger partial charge in [0.1, 0.15) is 0 Å².